The number of carboxylic acids is 1. The van der Waals surface area contributed by atoms with Crippen LogP contribution in [0.1, 0.15) is 146 Å². The van der Waals surface area contributed by atoms with Crippen molar-refractivity contribution in [2.45, 2.75) is 158 Å². The smallest absolute Gasteiger partial charge is 0.309 e. The van der Waals surface area contributed by atoms with Crippen LogP contribution >= 0.6 is 0 Å². The molecule has 1 heterocycles. The van der Waals surface area contributed by atoms with E-state index in [1.165, 1.54) is 18.4 Å². The van der Waals surface area contributed by atoms with Gasteiger partial charge in [-0.05, 0) is 143 Å². The SMILES string of the molecule is C=C(C)[C@@H]1CC[C@]2(CC(=O)N[C@H]3CCN(C(C)=O)C3)CC[C@]3(C)[C@H](CC[C@@H]4[C@@]5(C)CC[C@H](OC(=O)CC(C)(C)C(=O)O)C(C)(C)[C@@H]5CC[C@]43C)[C@@H]12. The molecule has 2 amide bonds. The summed E-state index contributed by atoms with van der Waals surface area (Å²) in [7, 11) is 0. The number of hydrogen-bond donors (Lipinski definition) is 2. The molecule has 286 valence electrons. The Morgan fingerprint density at radius 3 is 2.20 bits per heavy atom. The van der Waals surface area contributed by atoms with E-state index in [4.69, 9.17) is 4.74 Å². The molecule has 6 aliphatic rings. The van der Waals surface area contributed by atoms with Crippen molar-refractivity contribution in [2.75, 3.05) is 13.1 Å². The number of likely N-dealkylation sites (tertiary alicyclic amines) is 1. The Morgan fingerprint density at radius 2 is 1.57 bits per heavy atom. The van der Waals surface area contributed by atoms with Crippen LogP contribution in [0.4, 0.5) is 0 Å². The van der Waals surface area contributed by atoms with Gasteiger partial charge in [0.05, 0.1) is 11.8 Å². The topological polar surface area (TPSA) is 113 Å². The summed E-state index contributed by atoms with van der Waals surface area (Å²) in [6.45, 7) is 25.3. The van der Waals surface area contributed by atoms with Crippen molar-refractivity contribution < 1.29 is 29.0 Å². The van der Waals surface area contributed by atoms with Crippen LogP contribution in [-0.4, -0.2) is 59.0 Å². The summed E-state index contributed by atoms with van der Waals surface area (Å²) in [6, 6.07) is 0.0492. The monoisotopic (exact) mass is 709 g/mol. The Kier molecular flexibility index (Phi) is 9.69. The van der Waals surface area contributed by atoms with Gasteiger partial charge in [-0.25, -0.2) is 0 Å². The van der Waals surface area contributed by atoms with Gasteiger partial charge in [-0.2, -0.15) is 0 Å². The van der Waals surface area contributed by atoms with E-state index < -0.39 is 17.4 Å². The number of carbonyl (C=O) groups excluding carboxylic acids is 3. The molecule has 51 heavy (non-hydrogen) atoms. The van der Waals surface area contributed by atoms with Crippen molar-refractivity contribution in [3.8, 4) is 0 Å². The van der Waals surface area contributed by atoms with Crippen molar-refractivity contribution in [1.82, 2.24) is 10.2 Å². The molecule has 1 aliphatic heterocycles. The molecule has 1 saturated heterocycles. The Balaban J connectivity index is 1.22. The minimum Gasteiger partial charge on any atom is -0.481 e. The second-order valence-electron chi connectivity index (χ2n) is 20.4. The number of hydrogen-bond acceptors (Lipinski definition) is 5. The molecular weight excluding hydrogens is 640 g/mol. The molecule has 0 aromatic rings. The van der Waals surface area contributed by atoms with Gasteiger partial charge in [-0.1, -0.05) is 46.8 Å². The zero-order valence-electron chi connectivity index (χ0n) is 33.3. The Morgan fingerprint density at radius 1 is 0.863 bits per heavy atom. The lowest BCUT2D eigenvalue weighted by atomic mass is 9.32. The minimum absolute atomic E-state index is 0.000175. The van der Waals surface area contributed by atoms with E-state index in [9.17, 15) is 24.3 Å². The largest absolute Gasteiger partial charge is 0.481 e. The molecule has 0 aromatic carbocycles. The Hall–Kier alpha value is -2.38. The zero-order valence-corrected chi connectivity index (χ0v) is 33.3. The second kappa shape index (κ2) is 12.9. The number of ether oxygens (including phenoxy) is 1. The molecular formula is C43H68N2O6. The Labute approximate surface area is 307 Å². The first kappa shape index (κ1) is 38.3. The van der Waals surface area contributed by atoms with E-state index in [1.807, 2.05) is 4.90 Å². The number of carboxylic acid groups (broad SMARTS) is 1. The van der Waals surface area contributed by atoms with Gasteiger partial charge < -0.3 is 20.1 Å². The van der Waals surface area contributed by atoms with Crippen LogP contribution < -0.4 is 5.32 Å². The quantitative estimate of drug-likeness (QED) is 0.194. The first-order chi connectivity index (χ1) is 23.6. The normalized spacial score (nSPS) is 42.8. The fourth-order valence-corrected chi connectivity index (χ4v) is 14.2. The molecule has 5 aliphatic carbocycles. The number of esters is 1. The predicted octanol–water partition coefficient (Wildman–Crippen LogP) is 8.18. The molecule has 0 unspecified atom stereocenters. The summed E-state index contributed by atoms with van der Waals surface area (Å²) >= 11 is 0. The summed E-state index contributed by atoms with van der Waals surface area (Å²) in [5.74, 6) is 1.31. The molecule has 6 fully saturated rings. The van der Waals surface area contributed by atoms with Gasteiger partial charge in [0.15, 0.2) is 0 Å². The van der Waals surface area contributed by atoms with Crippen molar-refractivity contribution in [1.29, 1.82) is 0 Å². The predicted molar refractivity (Wildman–Crippen MR) is 198 cm³/mol. The third-order valence-corrected chi connectivity index (χ3v) is 17.1. The fourth-order valence-electron chi connectivity index (χ4n) is 14.2. The maximum Gasteiger partial charge on any atom is 0.309 e. The van der Waals surface area contributed by atoms with Gasteiger partial charge in [-0.15, -0.1) is 0 Å². The molecule has 5 saturated carbocycles. The van der Waals surface area contributed by atoms with E-state index in [-0.39, 0.29) is 57.5 Å². The van der Waals surface area contributed by atoms with Crippen molar-refractivity contribution in [2.24, 2.45) is 62.1 Å². The number of aliphatic carboxylic acids is 1. The van der Waals surface area contributed by atoms with Gasteiger partial charge in [0.1, 0.15) is 6.10 Å². The summed E-state index contributed by atoms with van der Waals surface area (Å²) in [5.41, 5.74) is 0.383. The third-order valence-electron chi connectivity index (χ3n) is 17.1. The van der Waals surface area contributed by atoms with E-state index in [0.29, 0.717) is 42.6 Å². The van der Waals surface area contributed by atoms with Crippen LogP contribution in [0.15, 0.2) is 12.2 Å². The third kappa shape index (κ3) is 6.09. The number of fused-ring (bicyclic) bond motifs is 7. The molecule has 2 N–H and O–H groups in total. The van der Waals surface area contributed by atoms with Crippen LogP contribution in [0.2, 0.25) is 0 Å². The van der Waals surface area contributed by atoms with Gasteiger partial charge in [0.2, 0.25) is 11.8 Å². The standard InChI is InChI=1S/C43H68N2O6/c1-26(2)29-13-19-43(23-34(47)44-28-16-22-45(25-28)27(3)46)21-20-41(9)30(36(29)43)11-12-32-40(8)17-15-33(51-35(48)24-38(4,5)37(49)50)39(6,7)31(40)14-18-42(32,41)10/h28-33,36H,1,11-25H2,2-10H3,(H,44,47)(H,49,50)/t28-,29-,30+,31-,32+,33-,36+,40-,41+,42+,43+/m0/s1. The van der Waals surface area contributed by atoms with Gasteiger partial charge >= 0.3 is 11.9 Å². The van der Waals surface area contributed by atoms with Gasteiger partial charge in [0, 0.05) is 37.9 Å². The van der Waals surface area contributed by atoms with Gasteiger partial charge in [0.25, 0.3) is 0 Å². The number of nitrogens with zero attached hydrogens (tertiary/aromatic N) is 1. The molecule has 8 nitrogen and oxygen atoms in total. The highest BCUT2D eigenvalue weighted by Gasteiger charge is 2.71. The van der Waals surface area contributed by atoms with Crippen LogP contribution in [0.25, 0.3) is 0 Å². The minimum atomic E-state index is -1.15. The van der Waals surface area contributed by atoms with Crippen LogP contribution in [0.3, 0.4) is 0 Å². The van der Waals surface area contributed by atoms with Gasteiger partial charge in [-0.3, -0.25) is 19.2 Å². The highest BCUT2D eigenvalue weighted by Crippen LogP contribution is 2.78. The van der Waals surface area contributed by atoms with Crippen LogP contribution in [0.5, 0.6) is 0 Å². The van der Waals surface area contributed by atoms with E-state index in [0.717, 1.165) is 64.3 Å². The lowest BCUT2D eigenvalue weighted by Gasteiger charge is -2.73. The lowest BCUT2D eigenvalue weighted by Crippen LogP contribution is -2.67. The number of allylic oxidation sites excluding steroid dienone is 1. The molecule has 0 radical (unpaired) electrons. The summed E-state index contributed by atoms with van der Waals surface area (Å²) < 4.78 is 6.17. The van der Waals surface area contributed by atoms with E-state index in [2.05, 4.69) is 53.4 Å². The molecule has 0 bridgehead atoms. The maximum absolute atomic E-state index is 13.8. The van der Waals surface area contributed by atoms with Crippen molar-refractivity contribution >= 4 is 23.8 Å². The first-order valence-corrected chi connectivity index (χ1v) is 20.2. The number of carbonyl (C=O) groups is 4. The average molecular weight is 709 g/mol. The number of nitrogens with one attached hydrogen (secondary N) is 1. The second-order valence-corrected chi connectivity index (χ2v) is 20.4. The summed E-state index contributed by atoms with van der Waals surface area (Å²) in [6.07, 6.45) is 12.0. The first-order valence-electron chi connectivity index (χ1n) is 20.2. The Bertz CT molecular complexity index is 1450. The molecule has 0 aromatic heterocycles. The van der Waals surface area contributed by atoms with E-state index >= 15 is 0 Å². The van der Waals surface area contributed by atoms with Crippen LogP contribution in [0, 0.1) is 62.1 Å². The lowest BCUT2D eigenvalue weighted by molar-refractivity contribution is -0.250. The highest BCUT2D eigenvalue weighted by molar-refractivity contribution is 5.81. The number of rotatable bonds is 8. The molecule has 8 heteroatoms. The average Bonchev–Trinajstić information content (AvgIpc) is 3.64. The molecule has 0 spiro atoms. The summed E-state index contributed by atoms with van der Waals surface area (Å²) in [4.78, 5) is 52.5. The van der Waals surface area contributed by atoms with Crippen molar-refractivity contribution in [3.63, 3.8) is 0 Å². The van der Waals surface area contributed by atoms with Crippen molar-refractivity contribution in [3.05, 3.63) is 12.2 Å². The fraction of sp³-hybridized carbons (Fsp3) is 0.860. The molecule has 11 atom stereocenters. The zero-order chi connectivity index (χ0) is 37.5. The highest BCUT2D eigenvalue weighted by atomic mass is 16.5. The molecule has 6 rings (SSSR count). The maximum atomic E-state index is 13.8. The van der Waals surface area contributed by atoms with E-state index in [1.54, 1.807) is 20.8 Å². The summed E-state index contributed by atoms with van der Waals surface area (Å²) in [5, 5.41) is 13.0. The number of amides is 2. The van der Waals surface area contributed by atoms with Crippen LogP contribution in [-0.2, 0) is 23.9 Å².